The van der Waals surface area contributed by atoms with E-state index in [0.29, 0.717) is 0 Å². The molecule has 0 aromatic rings. The number of rotatable bonds is 2. The molecular weight excluding hydrogens is 260 g/mol. The summed E-state index contributed by atoms with van der Waals surface area (Å²) in [6.45, 7) is 11.4. The summed E-state index contributed by atoms with van der Waals surface area (Å²) < 4.78 is 0. The molecular formula is C10H19AgO2. The molecule has 0 spiro atoms. The molecule has 0 saturated heterocycles. The monoisotopic (exact) mass is 278 g/mol. The van der Waals surface area contributed by atoms with Crippen molar-refractivity contribution in [2.24, 2.45) is 16.7 Å². The van der Waals surface area contributed by atoms with E-state index in [-0.39, 0.29) is 33.7 Å². The van der Waals surface area contributed by atoms with Crippen molar-refractivity contribution >= 4 is 5.97 Å². The molecule has 1 atom stereocenters. The summed E-state index contributed by atoms with van der Waals surface area (Å²) in [5.41, 5.74) is -1.02. The molecule has 0 radical (unpaired) electrons. The Morgan fingerprint density at radius 1 is 1.15 bits per heavy atom. The minimum Gasteiger partial charge on any atom is -0.550 e. The molecule has 0 N–H and O–H groups in total. The van der Waals surface area contributed by atoms with Gasteiger partial charge in [0.1, 0.15) is 0 Å². The Bertz CT molecular complexity index is 182. The van der Waals surface area contributed by atoms with Crippen LogP contribution in [0.1, 0.15) is 41.5 Å². The summed E-state index contributed by atoms with van der Waals surface area (Å²) in [7, 11) is 0. The molecule has 2 nitrogen and oxygen atoms in total. The first kappa shape index (κ1) is 15.7. The van der Waals surface area contributed by atoms with Crippen LogP contribution >= 0.6 is 0 Å². The second kappa shape index (κ2) is 4.63. The van der Waals surface area contributed by atoms with Crippen LogP contribution in [0.2, 0.25) is 0 Å². The van der Waals surface area contributed by atoms with Crippen molar-refractivity contribution in [1.82, 2.24) is 0 Å². The molecule has 3 heteroatoms. The Balaban J connectivity index is 0. The minimum absolute atomic E-state index is 0. The third-order valence-electron chi connectivity index (χ3n) is 3.14. The first-order valence-electron chi connectivity index (χ1n) is 4.35. The van der Waals surface area contributed by atoms with E-state index in [1.54, 1.807) is 6.92 Å². The van der Waals surface area contributed by atoms with E-state index in [2.05, 4.69) is 0 Å². The SMILES string of the molecule is CC(C)C(C)(C(=O)[O-])C(C)(C)C.[Ag+]. The quantitative estimate of drug-likeness (QED) is 0.718. The first-order chi connectivity index (χ1) is 5.14. The molecule has 0 heterocycles. The molecule has 0 bridgehead atoms. The number of carbonyl (C=O) groups is 1. The predicted octanol–water partition coefficient (Wildman–Crippen LogP) is 1.44. The second-order valence-electron chi connectivity index (χ2n) is 4.89. The third kappa shape index (κ3) is 2.83. The van der Waals surface area contributed by atoms with Crippen LogP contribution in [0.5, 0.6) is 0 Å². The van der Waals surface area contributed by atoms with Crippen molar-refractivity contribution in [3.05, 3.63) is 0 Å². The van der Waals surface area contributed by atoms with Gasteiger partial charge in [-0.25, -0.2) is 0 Å². The van der Waals surface area contributed by atoms with Crippen LogP contribution in [-0.2, 0) is 27.2 Å². The first-order valence-corrected chi connectivity index (χ1v) is 4.35. The average Bonchev–Trinajstić information content (AvgIpc) is 1.82. The molecule has 1 unspecified atom stereocenters. The Hall–Kier alpha value is 0.210. The number of hydrogen-bond donors (Lipinski definition) is 0. The van der Waals surface area contributed by atoms with Crippen LogP contribution in [0.3, 0.4) is 0 Å². The van der Waals surface area contributed by atoms with Gasteiger partial charge in [0.2, 0.25) is 0 Å². The molecule has 0 aliphatic rings. The zero-order valence-corrected chi connectivity index (χ0v) is 10.7. The molecule has 13 heavy (non-hydrogen) atoms. The summed E-state index contributed by atoms with van der Waals surface area (Å²) in [6.07, 6.45) is 0. The fourth-order valence-electron chi connectivity index (χ4n) is 1.41. The van der Waals surface area contributed by atoms with E-state index in [0.717, 1.165) is 0 Å². The standard InChI is InChI=1S/C10H20O2.Ag/c1-7(2)10(6,8(11)12)9(3,4)5;/h7H,1-6H3,(H,11,12);/q;+1/p-1. The largest absolute Gasteiger partial charge is 1.00 e. The molecule has 0 fully saturated rings. The van der Waals surface area contributed by atoms with Crippen molar-refractivity contribution in [3.8, 4) is 0 Å². The van der Waals surface area contributed by atoms with E-state index in [4.69, 9.17) is 0 Å². The Morgan fingerprint density at radius 2 is 1.46 bits per heavy atom. The molecule has 0 aromatic heterocycles. The van der Waals surface area contributed by atoms with E-state index < -0.39 is 11.4 Å². The summed E-state index contributed by atoms with van der Waals surface area (Å²) in [6, 6.07) is 0. The molecule has 82 valence electrons. The van der Waals surface area contributed by atoms with Gasteiger partial charge < -0.3 is 9.90 Å². The van der Waals surface area contributed by atoms with Crippen molar-refractivity contribution in [2.75, 3.05) is 0 Å². The Morgan fingerprint density at radius 3 is 1.46 bits per heavy atom. The van der Waals surface area contributed by atoms with E-state index in [1.807, 2.05) is 34.6 Å². The molecule has 0 saturated carbocycles. The van der Waals surface area contributed by atoms with Crippen LogP contribution in [0, 0.1) is 16.7 Å². The maximum atomic E-state index is 11.0. The maximum Gasteiger partial charge on any atom is 1.00 e. The van der Waals surface area contributed by atoms with Gasteiger partial charge in [-0.1, -0.05) is 41.5 Å². The van der Waals surface area contributed by atoms with Gasteiger partial charge in [-0.05, 0) is 11.3 Å². The van der Waals surface area contributed by atoms with E-state index in [9.17, 15) is 9.90 Å². The number of aliphatic carboxylic acids is 1. The van der Waals surface area contributed by atoms with Crippen LogP contribution < -0.4 is 5.11 Å². The summed E-state index contributed by atoms with van der Waals surface area (Å²) in [4.78, 5) is 11.0. The number of carbonyl (C=O) groups excluding carboxylic acids is 1. The Labute approximate surface area is 96.6 Å². The normalized spacial score (nSPS) is 16.2. The third-order valence-corrected chi connectivity index (χ3v) is 3.14. The smallest absolute Gasteiger partial charge is 0.550 e. The van der Waals surface area contributed by atoms with Gasteiger partial charge in [0.05, 0.1) is 0 Å². The van der Waals surface area contributed by atoms with Crippen molar-refractivity contribution in [2.45, 2.75) is 41.5 Å². The summed E-state index contributed by atoms with van der Waals surface area (Å²) in [5, 5.41) is 11.0. The maximum absolute atomic E-state index is 11.0. The van der Waals surface area contributed by atoms with E-state index >= 15 is 0 Å². The van der Waals surface area contributed by atoms with Crippen molar-refractivity contribution in [3.63, 3.8) is 0 Å². The number of carboxylic acid groups (broad SMARTS) is 1. The average molecular weight is 279 g/mol. The summed E-state index contributed by atoms with van der Waals surface area (Å²) in [5.74, 6) is -0.868. The van der Waals surface area contributed by atoms with Crippen LogP contribution in [0.25, 0.3) is 0 Å². The van der Waals surface area contributed by atoms with Gasteiger partial charge in [0.25, 0.3) is 0 Å². The molecule has 0 aliphatic heterocycles. The predicted molar refractivity (Wildman–Crippen MR) is 47.4 cm³/mol. The molecule has 0 amide bonds. The van der Waals surface area contributed by atoms with Gasteiger partial charge in [-0.3, -0.25) is 0 Å². The minimum atomic E-state index is -0.954. The van der Waals surface area contributed by atoms with Crippen LogP contribution in [-0.4, -0.2) is 5.97 Å². The van der Waals surface area contributed by atoms with Crippen LogP contribution in [0.4, 0.5) is 0 Å². The number of hydrogen-bond acceptors (Lipinski definition) is 2. The number of carboxylic acids is 1. The van der Waals surface area contributed by atoms with Crippen molar-refractivity contribution < 1.29 is 32.3 Å². The molecule has 0 aromatic carbocycles. The van der Waals surface area contributed by atoms with Gasteiger partial charge >= 0.3 is 22.4 Å². The Kier molecular flexibility index (Phi) is 5.58. The van der Waals surface area contributed by atoms with Gasteiger partial charge in [-0.2, -0.15) is 0 Å². The zero-order valence-electron chi connectivity index (χ0n) is 9.20. The van der Waals surface area contributed by atoms with E-state index in [1.165, 1.54) is 0 Å². The molecule has 0 aliphatic carbocycles. The second-order valence-corrected chi connectivity index (χ2v) is 4.89. The molecule has 0 rings (SSSR count). The summed E-state index contributed by atoms with van der Waals surface area (Å²) >= 11 is 0. The van der Waals surface area contributed by atoms with Gasteiger partial charge in [-0.15, -0.1) is 0 Å². The van der Waals surface area contributed by atoms with Gasteiger partial charge in [0.15, 0.2) is 0 Å². The van der Waals surface area contributed by atoms with Crippen LogP contribution in [0.15, 0.2) is 0 Å². The zero-order chi connectivity index (χ0) is 10.2. The van der Waals surface area contributed by atoms with Crippen molar-refractivity contribution in [1.29, 1.82) is 0 Å². The fourth-order valence-corrected chi connectivity index (χ4v) is 1.41. The fraction of sp³-hybridized carbons (Fsp3) is 0.900. The van der Waals surface area contributed by atoms with Gasteiger partial charge in [0, 0.05) is 11.4 Å². The topological polar surface area (TPSA) is 40.1 Å².